The fraction of sp³-hybridized carbons (Fsp3) is 0.467. The van der Waals surface area contributed by atoms with Crippen molar-refractivity contribution in [1.29, 1.82) is 0 Å². The van der Waals surface area contributed by atoms with Gasteiger partial charge >= 0.3 is 12.1 Å². The van der Waals surface area contributed by atoms with E-state index in [0.717, 1.165) is 25.0 Å². The van der Waals surface area contributed by atoms with Gasteiger partial charge in [-0.2, -0.15) is 13.2 Å². The molecule has 0 heterocycles. The first kappa shape index (κ1) is 22.4. The summed E-state index contributed by atoms with van der Waals surface area (Å²) in [5.74, 6) is -0.275. The van der Waals surface area contributed by atoms with Crippen molar-refractivity contribution < 1.29 is 27.6 Å². The minimum absolute atomic E-state index is 0.122. The maximum absolute atomic E-state index is 12.7. The average Bonchev–Trinajstić information content (AvgIpc) is 2.61. The summed E-state index contributed by atoms with van der Waals surface area (Å²) in [6.07, 6.45) is -2.19. The third kappa shape index (κ3) is 8.07. The van der Waals surface area contributed by atoms with E-state index in [1.54, 1.807) is 0 Å². The van der Waals surface area contributed by atoms with Gasteiger partial charge in [0.1, 0.15) is 5.69 Å². The fourth-order valence-corrected chi connectivity index (χ4v) is 2.16. The summed E-state index contributed by atoms with van der Waals surface area (Å²) in [7, 11) is 1.32. The summed E-state index contributed by atoms with van der Waals surface area (Å²) in [4.78, 5) is 21.0. The number of hydrogen-bond donors (Lipinski definition) is 3. The van der Waals surface area contributed by atoms with Gasteiger partial charge in [-0.15, -0.1) is 0 Å². The van der Waals surface area contributed by atoms with E-state index in [1.165, 1.54) is 7.11 Å². The van der Waals surface area contributed by atoms with Crippen LogP contribution >= 0.6 is 12.2 Å². The predicted molar refractivity (Wildman–Crippen MR) is 95.9 cm³/mol. The topological polar surface area (TPSA) is 106 Å². The number of nitrogens with one attached hydrogen (secondary N) is 3. The van der Waals surface area contributed by atoms with Crippen LogP contribution in [0.2, 0.25) is 0 Å². The number of nitro benzene ring substituents is 1. The highest BCUT2D eigenvalue weighted by atomic mass is 32.1. The summed E-state index contributed by atoms with van der Waals surface area (Å²) in [6.45, 7) is 0.490. The Morgan fingerprint density at radius 3 is 2.59 bits per heavy atom. The average molecular weight is 408 g/mol. The second-order valence-corrected chi connectivity index (χ2v) is 5.79. The molecule has 0 aliphatic heterocycles. The molecule has 1 rings (SSSR count). The third-order valence-electron chi connectivity index (χ3n) is 3.40. The summed E-state index contributed by atoms with van der Waals surface area (Å²) < 4.78 is 42.5. The molecule has 0 saturated heterocycles. The highest BCUT2D eigenvalue weighted by molar-refractivity contribution is 7.80. The molecular weight excluding hydrogens is 389 g/mol. The molecule has 150 valence electrons. The molecule has 0 saturated carbocycles. The van der Waals surface area contributed by atoms with Crippen LogP contribution in [0.1, 0.15) is 31.2 Å². The molecule has 3 N–H and O–H groups in total. The number of nitro groups is 1. The normalized spacial score (nSPS) is 10.8. The van der Waals surface area contributed by atoms with Crippen LogP contribution in [0, 0.1) is 10.1 Å². The first-order valence-corrected chi connectivity index (χ1v) is 8.28. The predicted octanol–water partition coefficient (Wildman–Crippen LogP) is 3.14. The van der Waals surface area contributed by atoms with Crippen LogP contribution in [-0.4, -0.2) is 29.7 Å². The van der Waals surface area contributed by atoms with Crippen LogP contribution in [0.25, 0.3) is 0 Å². The molecule has 0 bridgehead atoms. The van der Waals surface area contributed by atoms with Crippen molar-refractivity contribution in [3.63, 3.8) is 0 Å². The Kier molecular flexibility index (Phi) is 8.72. The highest BCUT2D eigenvalue weighted by Crippen LogP contribution is 2.34. The number of hydrogen-bond acceptors (Lipinski definition) is 6. The first-order chi connectivity index (χ1) is 12.6. The number of alkyl halides is 3. The van der Waals surface area contributed by atoms with Crippen molar-refractivity contribution in [3.8, 4) is 0 Å². The molecule has 27 heavy (non-hydrogen) atoms. The summed E-state index contributed by atoms with van der Waals surface area (Å²) >= 11 is 4.98. The van der Waals surface area contributed by atoms with Gasteiger partial charge in [0.05, 0.1) is 17.6 Å². The molecule has 0 spiro atoms. The second-order valence-electron chi connectivity index (χ2n) is 5.38. The Morgan fingerprint density at radius 2 is 2.00 bits per heavy atom. The second kappa shape index (κ2) is 10.5. The van der Waals surface area contributed by atoms with E-state index < -0.39 is 22.4 Å². The van der Waals surface area contributed by atoms with E-state index in [-0.39, 0.29) is 16.8 Å². The van der Waals surface area contributed by atoms with E-state index in [4.69, 9.17) is 12.2 Å². The van der Waals surface area contributed by atoms with Crippen LogP contribution in [0.5, 0.6) is 0 Å². The number of ether oxygens (including phenoxy) is 1. The Morgan fingerprint density at radius 1 is 1.30 bits per heavy atom. The van der Waals surface area contributed by atoms with E-state index in [0.29, 0.717) is 25.5 Å². The summed E-state index contributed by atoms with van der Waals surface area (Å²) in [5.41, 5.74) is 2.90. The van der Waals surface area contributed by atoms with Crippen molar-refractivity contribution in [2.45, 2.75) is 31.9 Å². The molecule has 0 aliphatic rings. The quantitative estimate of drug-likeness (QED) is 0.188. The fourth-order valence-electron chi connectivity index (χ4n) is 2.01. The molecule has 8 nitrogen and oxygen atoms in total. The number of halogens is 3. The van der Waals surface area contributed by atoms with Gasteiger partial charge in [-0.3, -0.25) is 25.8 Å². The lowest BCUT2D eigenvalue weighted by Gasteiger charge is -2.13. The first-order valence-electron chi connectivity index (χ1n) is 7.87. The number of carbonyl (C=O) groups is 1. The number of thiocarbonyl (C=S) groups is 1. The van der Waals surface area contributed by atoms with Crippen molar-refractivity contribution in [2.24, 2.45) is 0 Å². The molecular formula is C15H19F3N4O4S. The third-order valence-corrected chi connectivity index (χ3v) is 3.65. The van der Waals surface area contributed by atoms with Gasteiger partial charge in [0, 0.05) is 19.0 Å². The maximum Gasteiger partial charge on any atom is 0.416 e. The lowest BCUT2D eigenvalue weighted by atomic mass is 10.1. The van der Waals surface area contributed by atoms with Crippen LogP contribution < -0.4 is 16.2 Å². The van der Waals surface area contributed by atoms with E-state index in [2.05, 4.69) is 20.9 Å². The minimum Gasteiger partial charge on any atom is -0.469 e. The van der Waals surface area contributed by atoms with E-state index in [1.807, 2.05) is 0 Å². The van der Waals surface area contributed by atoms with Crippen LogP contribution in [0.15, 0.2) is 18.2 Å². The number of unbranched alkanes of at least 4 members (excludes halogenated alkanes) is 2. The molecule has 0 aliphatic carbocycles. The standard InChI is InChI=1S/C15H19F3N4O4S/c1-26-13(23)5-3-2-4-8-19-14(27)21-20-11-7-6-10(15(16,17)18)9-12(11)22(24)25/h6-7,9,20H,2-5,8H2,1H3,(H2,19,21,27). The van der Waals surface area contributed by atoms with E-state index in [9.17, 15) is 28.1 Å². The highest BCUT2D eigenvalue weighted by Gasteiger charge is 2.33. The van der Waals surface area contributed by atoms with Gasteiger partial charge in [0.2, 0.25) is 0 Å². The Bertz CT molecular complexity index is 686. The number of nitrogens with zero attached hydrogens (tertiary/aromatic N) is 1. The molecule has 0 atom stereocenters. The lowest BCUT2D eigenvalue weighted by molar-refractivity contribution is -0.384. The number of hydrazine groups is 1. The van der Waals surface area contributed by atoms with Gasteiger partial charge in [-0.1, -0.05) is 6.42 Å². The number of anilines is 1. The minimum atomic E-state index is -4.68. The van der Waals surface area contributed by atoms with Gasteiger partial charge in [-0.25, -0.2) is 0 Å². The van der Waals surface area contributed by atoms with Crippen molar-refractivity contribution in [3.05, 3.63) is 33.9 Å². The Hall–Kier alpha value is -2.63. The Balaban J connectivity index is 2.45. The number of methoxy groups -OCH3 is 1. The molecule has 0 amide bonds. The SMILES string of the molecule is COC(=O)CCCCCNC(=S)NNc1ccc(C(F)(F)F)cc1[N+](=O)[O-]. The molecule has 0 radical (unpaired) electrons. The molecule has 0 unspecified atom stereocenters. The Labute approximate surface area is 158 Å². The number of esters is 1. The number of benzene rings is 1. The molecule has 12 heteroatoms. The van der Waals surface area contributed by atoms with Crippen LogP contribution in [-0.2, 0) is 15.7 Å². The molecule has 1 aromatic rings. The molecule has 0 aromatic heterocycles. The largest absolute Gasteiger partial charge is 0.469 e. The van der Waals surface area contributed by atoms with Crippen molar-refractivity contribution in [2.75, 3.05) is 19.1 Å². The van der Waals surface area contributed by atoms with Gasteiger partial charge in [-0.05, 0) is 37.2 Å². The zero-order valence-corrected chi connectivity index (χ0v) is 15.2. The zero-order valence-electron chi connectivity index (χ0n) is 14.4. The molecule has 0 fully saturated rings. The van der Waals surface area contributed by atoms with Crippen molar-refractivity contribution in [1.82, 2.24) is 10.7 Å². The maximum atomic E-state index is 12.7. The monoisotopic (exact) mass is 408 g/mol. The van der Waals surface area contributed by atoms with Crippen LogP contribution in [0.3, 0.4) is 0 Å². The van der Waals surface area contributed by atoms with Gasteiger partial charge in [0.25, 0.3) is 5.69 Å². The number of rotatable bonds is 9. The van der Waals surface area contributed by atoms with Gasteiger partial charge < -0.3 is 10.1 Å². The summed E-state index contributed by atoms with van der Waals surface area (Å²) in [6, 6.07) is 2.12. The van der Waals surface area contributed by atoms with E-state index >= 15 is 0 Å². The summed E-state index contributed by atoms with van der Waals surface area (Å²) in [5, 5.41) is 13.9. The molecule has 1 aromatic carbocycles. The van der Waals surface area contributed by atoms with Crippen LogP contribution in [0.4, 0.5) is 24.5 Å². The van der Waals surface area contributed by atoms with Gasteiger partial charge in [0.15, 0.2) is 5.11 Å². The zero-order chi connectivity index (χ0) is 20.4. The lowest BCUT2D eigenvalue weighted by Crippen LogP contribution is -2.39. The number of carbonyl (C=O) groups excluding carboxylic acids is 1. The smallest absolute Gasteiger partial charge is 0.416 e. The van der Waals surface area contributed by atoms with Crippen molar-refractivity contribution >= 4 is 34.7 Å².